The molecular weight excluding hydrogens is 373 g/mol. The van der Waals surface area contributed by atoms with Gasteiger partial charge in [0.25, 0.3) is 0 Å². The van der Waals surface area contributed by atoms with Crippen LogP contribution in [0.5, 0.6) is 0 Å². The van der Waals surface area contributed by atoms with Gasteiger partial charge in [-0.25, -0.2) is 4.39 Å². The third-order valence-corrected chi connectivity index (χ3v) is 6.30. The van der Waals surface area contributed by atoms with Crippen molar-refractivity contribution in [2.24, 2.45) is 0 Å². The second-order valence-corrected chi connectivity index (χ2v) is 8.49. The zero-order valence-corrected chi connectivity index (χ0v) is 17.3. The van der Waals surface area contributed by atoms with Crippen molar-refractivity contribution < 1.29 is 4.39 Å². The van der Waals surface area contributed by atoms with E-state index in [1.54, 1.807) is 12.1 Å². The van der Waals surface area contributed by atoms with Crippen molar-refractivity contribution in [2.75, 3.05) is 31.1 Å². The van der Waals surface area contributed by atoms with Crippen molar-refractivity contribution in [1.82, 2.24) is 9.80 Å². The van der Waals surface area contributed by atoms with Crippen molar-refractivity contribution in [3.05, 3.63) is 101 Å². The number of halogens is 1. The molecule has 0 bridgehead atoms. The van der Waals surface area contributed by atoms with E-state index in [0.29, 0.717) is 6.04 Å². The van der Waals surface area contributed by atoms with E-state index in [2.05, 4.69) is 69.3 Å². The summed E-state index contributed by atoms with van der Waals surface area (Å²) < 4.78 is 13.3. The smallest absolute Gasteiger partial charge is 0.123 e. The van der Waals surface area contributed by atoms with Crippen LogP contribution in [0.3, 0.4) is 0 Å². The molecule has 0 N–H and O–H groups in total. The summed E-state index contributed by atoms with van der Waals surface area (Å²) in [6, 6.07) is 27.0. The van der Waals surface area contributed by atoms with Crippen molar-refractivity contribution >= 4 is 5.69 Å². The number of para-hydroxylation sites is 1. The first kappa shape index (κ1) is 19.3. The highest BCUT2D eigenvalue weighted by atomic mass is 19.1. The van der Waals surface area contributed by atoms with Gasteiger partial charge in [0, 0.05) is 51.5 Å². The van der Waals surface area contributed by atoms with Crippen molar-refractivity contribution in [3.8, 4) is 0 Å². The van der Waals surface area contributed by atoms with Crippen LogP contribution in [0.1, 0.15) is 16.7 Å². The van der Waals surface area contributed by atoms with Crippen molar-refractivity contribution in [1.29, 1.82) is 0 Å². The Labute approximate surface area is 178 Å². The maximum absolute atomic E-state index is 13.3. The quantitative estimate of drug-likeness (QED) is 0.636. The molecular formula is C26H28FN3. The minimum absolute atomic E-state index is 0.171. The van der Waals surface area contributed by atoms with E-state index in [4.69, 9.17) is 0 Å². The molecule has 2 heterocycles. The molecule has 30 heavy (non-hydrogen) atoms. The fourth-order valence-corrected chi connectivity index (χ4v) is 4.87. The lowest BCUT2D eigenvalue weighted by atomic mass is 10.1. The van der Waals surface area contributed by atoms with Crippen LogP contribution in [-0.2, 0) is 19.6 Å². The number of nitrogens with zero attached hydrogens (tertiary/aromatic N) is 3. The summed E-state index contributed by atoms with van der Waals surface area (Å²) in [5.41, 5.74) is 5.31. The molecule has 0 saturated carbocycles. The number of fused-ring (bicyclic) bond motifs is 3. The molecule has 3 nitrogen and oxygen atoms in total. The van der Waals surface area contributed by atoms with Crippen molar-refractivity contribution in [2.45, 2.75) is 25.7 Å². The molecule has 154 valence electrons. The van der Waals surface area contributed by atoms with E-state index < -0.39 is 0 Å². The Kier molecular flexibility index (Phi) is 5.52. The Morgan fingerprint density at radius 1 is 0.700 bits per heavy atom. The molecule has 1 saturated heterocycles. The van der Waals surface area contributed by atoms with Gasteiger partial charge >= 0.3 is 0 Å². The summed E-state index contributed by atoms with van der Waals surface area (Å²) in [6.45, 7) is 6.98. The molecule has 3 aromatic carbocycles. The number of hydrogen-bond donors (Lipinski definition) is 0. The highest BCUT2D eigenvalue weighted by Gasteiger charge is 2.32. The highest BCUT2D eigenvalue weighted by molar-refractivity contribution is 5.56. The normalized spacial score (nSPS) is 19.8. The molecule has 0 aliphatic carbocycles. The number of hydrogen-bond acceptors (Lipinski definition) is 3. The van der Waals surface area contributed by atoms with Crippen LogP contribution in [0.2, 0.25) is 0 Å². The molecule has 3 aromatic rings. The number of rotatable bonds is 4. The van der Waals surface area contributed by atoms with Crippen LogP contribution in [0, 0.1) is 5.82 Å². The summed E-state index contributed by atoms with van der Waals surface area (Å²) in [6.07, 6.45) is 0. The Morgan fingerprint density at radius 3 is 2.20 bits per heavy atom. The second-order valence-electron chi connectivity index (χ2n) is 8.49. The van der Waals surface area contributed by atoms with Gasteiger partial charge in [-0.2, -0.15) is 0 Å². The molecule has 1 unspecified atom stereocenters. The molecule has 2 aliphatic heterocycles. The third-order valence-electron chi connectivity index (χ3n) is 6.30. The Bertz CT molecular complexity index is 973. The molecule has 1 atom stereocenters. The summed E-state index contributed by atoms with van der Waals surface area (Å²) in [7, 11) is 0. The largest absolute Gasteiger partial charge is 0.364 e. The Balaban J connectivity index is 1.37. The predicted molar refractivity (Wildman–Crippen MR) is 120 cm³/mol. The van der Waals surface area contributed by atoms with Gasteiger partial charge in [-0.3, -0.25) is 9.80 Å². The first-order valence-electron chi connectivity index (χ1n) is 10.8. The van der Waals surface area contributed by atoms with Gasteiger partial charge in [0.2, 0.25) is 0 Å². The van der Waals surface area contributed by atoms with Crippen molar-refractivity contribution in [3.63, 3.8) is 0 Å². The van der Waals surface area contributed by atoms with E-state index in [-0.39, 0.29) is 5.82 Å². The summed E-state index contributed by atoms with van der Waals surface area (Å²) in [4.78, 5) is 7.71. The Hall–Kier alpha value is -2.69. The van der Waals surface area contributed by atoms with Gasteiger partial charge in [0.05, 0.1) is 6.04 Å². The summed E-state index contributed by atoms with van der Waals surface area (Å²) in [5.74, 6) is -0.171. The minimum Gasteiger partial charge on any atom is -0.364 e. The Morgan fingerprint density at radius 2 is 1.37 bits per heavy atom. The summed E-state index contributed by atoms with van der Waals surface area (Å²) >= 11 is 0. The molecule has 2 aliphatic rings. The first-order chi connectivity index (χ1) is 14.7. The zero-order chi connectivity index (χ0) is 20.3. The van der Waals surface area contributed by atoms with Crippen LogP contribution >= 0.6 is 0 Å². The molecule has 5 rings (SSSR count). The van der Waals surface area contributed by atoms with E-state index in [1.807, 2.05) is 12.1 Å². The number of benzene rings is 3. The zero-order valence-electron chi connectivity index (χ0n) is 17.3. The van der Waals surface area contributed by atoms with Crippen LogP contribution < -0.4 is 4.90 Å². The molecule has 0 radical (unpaired) electrons. The monoisotopic (exact) mass is 401 g/mol. The van der Waals surface area contributed by atoms with Gasteiger partial charge in [-0.15, -0.1) is 0 Å². The van der Waals surface area contributed by atoms with Gasteiger partial charge in [-0.05, 0) is 34.9 Å². The standard InChI is InChI=1S/C26H28FN3/c27-24-12-10-22(11-13-24)17-29-18-23-8-4-5-9-26(23)30-15-14-28(19-25(30)20-29)16-21-6-2-1-3-7-21/h1-13,25H,14-20H2. The van der Waals surface area contributed by atoms with Crippen LogP contribution in [-0.4, -0.2) is 42.0 Å². The van der Waals surface area contributed by atoms with E-state index >= 15 is 0 Å². The molecule has 0 aromatic heterocycles. The SMILES string of the molecule is Fc1ccc(CN2Cc3ccccc3N3CCN(Cc4ccccc4)CC3C2)cc1. The minimum atomic E-state index is -0.171. The second kappa shape index (κ2) is 8.58. The topological polar surface area (TPSA) is 9.72 Å². The van der Waals surface area contributed by atoms with E-state index in [1.165, 1.54) is 22.4 Å². The molecule has 0 spiro atoms. The average molecular weight is 402 g/mol. The summed E-state index contributed by atoms with van der Waals surface area (Å²) in [5, 5.41) is 0. The lowest BCUT2D eigenvalue weighted by molar-refractivity contribution is 0.172. The van der Waals surface area contributed by atoms with E-state index in [9.17, 15) is 4.39 Å². The highest BCUT2D eigenvalue weighted by Crippen LogP contribution is 2.30. The van der Waals surface area contributed by atoms with Gasteiger partial charge in [0.15, 0.2) is 0 Å². The van der Waals surface area contributed by atoms with Crippen LogP contribution in [0.15, 0.2) is 78.9 Å². The average Bonchev–Trinajstić information content (AvgIpc) is 2.92. The molecule has 4 heteroatoms. The lowest BCUT2D eigenvalue weighted by Crippen LogP contribution is -2.55. The lowest BCUT2D eigenvalue weighted by Gasteiger charge is -2.43. The number of anilines is 1. The molecule has 1 fully saturated rings. The van der Waals surface area contributed by atoms with Crippen LogP contribution in [0.4, 0.5) is 10.1 Å². The fraction of sp³-hybridized carbons (Fsp3) is 0.308. The van der Waals surface area contributed by atoms with Gasteiger partial charge in [-0.1, -0.05) is 60.7 Å². The predicted octanol–water partition coefficient (Wildman–Crippen LogP) is 4.53. The third kappa shape index (κ3) is 4.25. The van der Waals surface area contributed by atoms with Crippen LogP contribution in [0.25, 0.3) is 0 Å². The fourth-order valence-electron chi connectivity index (χ4n) is 4.87. The molecule has 0 amide bonds. The van der Waals surface area contributed by atoms with E-state index in [0.717, 1.165) is 45.8 Å². The first-order valence-corrected chi connectivity index (χ1v) is 10.8. The van der Waals surface area contributed by atoms with Gasteiger partial charge in [0.1, 0.15) is 5.82 Å². The maximum Gasteiger partial charge on any atom is 0.123 e. The number of piperazine rings is 1. The van der Waals surface area contributed by atoms with Gasteiger partial charge < -0.3 is 4.90 Å². The maximum atomic E-state index is 13.3.